The average molecular weight is 438 g/mol. The Kier molecular flexibility index (Phi) is 5.99. The number of carbonyl (C=O) groups excluding carboxylic acids is 1. The highest BCUT2D eigenvalue weighted by Crippen LogP contribution is 2.44. The number of para-hydroxylation sites is 2. The van der Waals surface area contributed by atoms with Gasteiger partial charge in [-0.25, -0.2) is 0 Å². The molecule has 0 spiro atoms. The van der Waals surface area contributed by atoms with Gasteiger partial charge < -0.3 is 10.2 Å². The minimum Gasteiger partial charge on any atom is -0.375 e. The van der Waals surface area contributed by atoms with Crippen molar-refractivity contribution in [3.8, 4) is 0 Å². The van der Waals surface area contributed by atoms with Gasteiger partial charge in [-0.3, -0.25) is 9.79 Å². The Morgan fingerprint density at radius 2 is 1.55 bits per heavy atom. The molecular formula is C29H31N3O. The van der Waals surface area contributed by atoms with Crippen LogP contribution in [0.25, 0.3) is 0 Å². The lowest BCUT2D eigenvalue weighted by atomic mass is 9.72. The van der Waals surface area contributed by atoms with Crippen LogP contribution in [0.15, 0.2) is 83.9 Å². The van der Waals surface area contributed by atoms with E-state index in [1.807, 2.05) is 24.3 Å². The van der Waals surface area contributed by atoms with Gasteiger partial charge in [-0.15, -0.1) is 0 Å². The van der Waals surface area contributed by atoms with Crippen LogP contribution in [0.2, 0.25) is 0 Å². The van der Waals surface area contributed by atoms with Gasteiger partial charge in [-0.05, 0) is 61.6 Å². The van der Waals surface area contributed by atoms with Gasteiger partial charge in [0.05, 0.1) is 23.3 Å². The lowest BCUT2D eigenvalue weighted by Gasteiger charge is -2.34. The zero-order valence-electron chi connectivity index (χ0n) is 19.4. The molecule has 5 rings (SSSR count). The molecule has 33 heavy (non-hydrogen) atoms. The van der Waals surface area contributed by atoms with E-state index in [4.69, 9.17) is 4.99 Å². The van der Waals surface area contributed by atoms with Crippen LogP contribution in [-0.2, 0) is 4.79 Å². The Bertz CT molecular complexity index is 1150. The number of anilines is 2. The van der Waals surface area contributed by atoms with Gasteiger partial charge in [0.2, 0.25) is 0 Å². The van der Waals surface area contributed by atoms with Gasteiger partial charge in [0.15, 0.2) is 0 Å². The number of carbonyl (C=O) groups is 1. The molecule has 168 valence electrons. The van der Waals surface area contributed by atoms with Crippen LogP contribution in [-0.4, -0.2) is 24.6 Å². The Balaban J connectivity index is 1.53. The standard InChI is InChI=1S/C29H31N3O/c1-3-32(4-2)23-16-14-21(15-17-23)29-28-26(30-24-12-8-9-13-25(24)31-29)18-22(19-27(28)33)20-10-6-5-7-11-20/h5-17,22,28-29,31H,3-4,18-19H2,1-2H3. The first-order chi connectivity index (χ1) is 16.2. The van der Waals surface area contributed by atoms with E-state index < -0.39 is 0 Å². The zero-order chi connectivity index (χ0) is 22.8. The number of hydrogen-bond acceptors (Lipinski definition) is 4. The minimum atomic E-state index is -0.253. The van der Waals surface area contributed by atoms with E-state index in [0.717, 1.165) is 42.2 Å². The molecular weight excluding hydrogens is 406 g/mol. The normalized spacial score (nSPS) is 21.8. The summed E-state index contributed by atoms with van der Waals surface area (Å²) in [7, 11) is 0. The minimum absolute atomic E-state index is 0.123. The first-order valence-electron chi connectivity index (χ1n) is 12.0. The average Bonchev–Trinajstić information content (AvgIpc) is 3.03. The van der Waals surface area contributed by atoms with E-state index in [1.54, 1.807) is 0 Å². The number of nitrogens with one attached hydrogen (secondary N) is 1. The molecule has 1 heterocycles. The second-order valence-corrected chi connectivity index (χ2v) is 8.97. The number of benzene rings is 3. The van der Waals surface area contributed by atoms with Gasteiger partial charge in [-0.1, -0.05) is 54.6 Å². The van der Waals surface area contributed by atoms with Crippen LogP contribution in [0.4, 0.5) is 17.1 Å². The van der Waals surface area contributed by atoms with Crippen LogP contribution < -0.4 is 10.2 Å². The molecule has 1 aliphatic carbocycles. The SMILES string of the molecule is CCN(CC)c1ccc(C2Nc3ccccc3N=C3CC(c4ccccc4)CC(=O)C32)cc1. The van der Waals surface area contributed by atoms with Crippen molar-refractivity contribution in [3.05, 3.63) is 90.0 Å². The van der Waals surface area contributed by atoms with E-state index in [1.165, 1.54) is 11.3 Å². The lowest BCUT2D eigenvalue weighted by Crippen LogP contribution is -2.38. The van der Waals surface area contributed by atoms with Crippen LogP contribution in [0.5, 0.6) is 0 Å². The van der Waals surface area contributed by atoms with Crippen molar-refractivity contribution in [2.45, 2.75) is 38.6 Å². The fourth-order valence-corrected chi connectivity index (χ4v) is 5.32. The largest absolute Gasteiger partial charge is 0.375 e. The Morgan fingerprint density at radius 3 is 2.27 bits per heavy atom. The molecule has 4 heteroatoms. The van der Waals surface area contributed by atoms with Crippen molar-refractivity contribution in [1.29, 1.82) is 0 Å². The molecule has 1 aliphatic heterocycles. The van der Waals surface area contributed by atoms with Gasteiger partial charge in [0, 0.05) is 30.9 Å². The first kappa shape index (κ1) is 21.4. The summed E-state index contributed by atoms with van der Waals surface area (Å²) in [5.74, 6) is 0.202. The Hall–Kier alpha value is -3.40. The summed E-state index contributed by atoms with van der Waals surface area (Å²) < 4.78 is 0. The van der Waals surface area contributed by atoms with Crippen molar-refractivity contribution >= 4 is 28.6 Å². The Morgan fingerprint density at radius 1 is 0.848 bits per heavy atom. The molecule has 0 aromatic heterocycles. The van der Waals surface area contributed by atoms with Gasteiger partial charge >= 0.3 is 0 Å². The van der Waals surface area contributed by atoms with Gasteiger partial charge in [-0.2, -0.15) is 0 Å². The molecule has 3 aromatic rings. The second-order valence-electron chi connectivity index (χ2n) is 8.97. The highest BCUT2D eigenvalue weighted by atomic mass is 16.1. The maximum atomic E-state index is 13.6. The summed E-state index contributed by atoms with van der Waals surface area (Å²) in [5.41, 5.74) is 6.47. The molecule has 0 radical (unpaired) electrons. The molecule has 1 N–H and O–H groups in total. The number of hydrogen-bond donors (Lipinski definition) is 1. The molecule has 3 atom stereocenters. The molecule has 4 nitrogen and oxygen atoms in total. The van der Waals surface area contributed by atoms with E-state index in [0.29, 0.717) is 6.42 Å². The third kappa shape index (κ3) is 4.18. The number of Topliss-reactive ketones (excluding diaryl/α,β-unsaturated/α-hetero) is 1. The number of fused-ring (bicyclic) bond motifs is 2. The molecule has 3 unspecified atom stereocenters. The molecule has 0 bridgehead atoms. The van der Waals surface area contributed by atoms with Crippen LogP contribution in [0.1, 0.15) is 49.8 Å². The number of rotatable bonds is 5. The first-order valence-corrected chi connectivity index (χ1v) is 12.0. The highest BCUT2D eigenvalue weighted by molar-refractivity contribution is 6.10. The smallest absolute Gasteiger partial charge is 0.144 e. The van der Waals surface area contributed by atoms with Gasteiger partial charge in [0.25, 0.3) is 0 Å². The quantitative estimate of drug-likeness (QED) is 0.493. The molecule has 1 saturated carbocycles. The fourth-order valence-electron chi connectivity index (χ4n) is 5.32. The molecule has 3 aromatic carbocycles. The van der Waals surface area contributed by atoms with Gasteiger partial charge in [0.1, 0.15) is 5.78 Å². The van der Waals surface area contributed by atoms with E-state index in [-0.39, 0.29) is 23.7 Å². The van der Waals surface area contributed by atoms with Crippen LogP contribution >= 0.6 is 0 Å². The summed E-state index contributed by atoms with van der Waals surface area (Å²) in [4.78, 5) is 21.0. The molecule has 1 fully saturated rings. The molecule has 0 amide bonds. The summed E-state index contributed by atoms with van der Waals surface area (Å²) in [6.07, 6.45) is 1.37. The lowest BCUT2D eigenvalue weighted by molar-refractivity contribution is -0.122. The predicted molar refractivity (Wildman–Crippen MR) is 137 cm³/mol. The summed E-state index contributed by atoms with van der Waals surface area (Å²) in [6, 6.07) is 27.1. The maximum Gasteiger partial charge on any atom is 0.144 e. The monoisotopic (exact) mass is 437 g/mol. The summed E-state index contributed by atoms with van der Waals surface area (Å²) in [5, 5.41) is 3.69. The predicted octanol–water partition coefficient (Wildman–Crippen LogP) is 6.54. The Labute approximate surface area is 196 Å². The van der Waals surface area contributed by atoms with Crippen molar-refractivity contribution in [2.75, 3.05) is 23.3 Å². The van der Waals surface area contributed by atoms with Crippen LogP contribution in [0, 0.1) is 5.92 Å². The molecule has 0 saturated heterocycles. The maximum absolute atomic E-state index is 13.6. The number of aliphatic imine (C=N–C) groups is 1. The topological polar surface area (TPSA) is 44.7 Å². The van der Waals surface area contributed by atoms with E-state index in [2.05, 4.69) is 78.7 Å². The van der Waals surface area contributed by atoms with E-state index >= 15 is 0 Å². The van der Waals surface area contributed by atoms with Crippen molar-refractivity contribution < 1.29 is 4.79 Å². The third-order valence-corrected chi connectivity index (χ3v) is 7.07. The van der Waals surface area contributed by atoms with E-state index in [9.17, 15) is 4.79 Å². The number of nitrogens with zero attached hydrogens (tertiary/aromatic N) is 2. The van der Waals surface area contributed by atoms with Crippen LogP contribution in [0.3, 0.4) is 0 Å². The number of ketones is 1. The fraction of sp³-hybridized carbons (Fsp3) is 0.310. The molecule has 2 aliphatic rings. The second kappa shape index (κ2) is 9.22. The van der Waals surface area contributed by atoms with Crippen molar-refractivity contribution in [3.63, 3.8) is 0 Å². The van der Waals surface area contributed by atoms with Crippen molar-refractivity contribution in [2.24, 2.45) is 10.9 Å². The summed E-state index contributed by atoms with van der Waals surface area (Å²) in [6.45, 7) is 6.30. The zero-order valence-corrected chi connectivity index (χ0v) is 19.4. The highest BCUT2D eigenvalue weighted by Gasteiger charge is 2.41. The third-order valence-electron chi connectivity index (χ3n) is 7.07. The summed E-state index contributed by atoms with van der Waals surface area (Å²) >= 11 is 0. The van der Waals surface area contributed by atoms with Crippen molar-refractivity contribution in [1.82, 2.24) is 0 Å².